The van der Waals surface area contributed by atoms with Crippen LogP contribution in [0, 0.1) is 11.6 Å². The maximum atomic E-state index is 13.9. The molecule has 0 aliphatic heterocycles. The maximum Gasteiger partial charge on any atom is 0.191 e. The van der Waals surface area contributed by atoms with E-state index in [9.17, 15) is 8.78 Å². The minimum atomic E-state index is -0.739. The lowest BCUT2D eigenvalue weighted by molar-refractivity contribution is 0.303. The second-order valence-electron chi connectivity index (χ2n) is 3.15. The van der Waals surface area contributed by atoms with Gasteiger partial charge >= 0.3 is 0 Å². The SMILES string of the molecule is CCOc1c(F)ccc(-c2ccco2)c1F. The van der Waals surface area contributed by atoms with Gasteiger partial charge in [-0.25, -0.2) is 8.78 Å². The standard InChI is InChI=1S/C12H10F2O2/c1-2-15-12-9(13)6-5-8(11(12)14)10-4-3-7-16-10/h3-7H,2H2,1H3. The molecule has 0 fully saturated rings. The van der Waals surface area contributed by atoms with Crippen molar-refractivity contribution in [3.63, 3.8) is 0 Å². The highest BCUT2D eigenvalue weighted by Crippen LogP contribution is 2.31. The van der Waals surface area contributed by atoms with E-state index in [0.29, 0.717) is 5.76 Å². The Morgan fingerprint density at radius 3 is 2.69 bits per heavy atom. The van der Waals surface area contributed by atoms with Crippen molar-refractivity contribution in [1.29, 1.82) is 0 Å². The number of hydrogen-bond acceptors (Lipinski definition) is 2. The third-order valence-electron chi connectivity index (χ3n) is 2.12. The summed E-state index contributed by atoms with van der Waals surface area (Å²) in [4.78, 5) is 0. The third kappa shape index (κ3) is 1.78. The molecule has 0 spiro atoms. The Labute approximate surface area is 91.5 Å². The summed E-state index contributed by atoms with van der Waals surface area (Å²) in [7, 11) is 0. The van der Waals surface area contributed by atoms with Crippen LogP contribution in [0.15, 0.2) is 34.9 Å². The fraction of sp³-hybridized carbons (Fsp3) is 0.167. The van der Waals surface area contributed by atoms with E-state index in [1.54, 1.807) is 19.1 Å². The van der Waals surface area contributed by atoms with Crippen molar-refractivity contribution in [2.24, 2.45) is 0 Å². The monoisotopic (exact) mass is 224 g/mol. The van der Waals surface area contributed by atoms with E-state index in [-0.39, 0.29) is 17.9 Å². The molecule has 2 aromatic rings. The predicted molar refractivity (Wildman–Crippen MR) is 55.2 cm³/mol. The molecule has 2 nitrogen and oxygen atoms in total. The van der Waals surface area contributed by atoms with Gasteiger partial charge in [0.05, 0.1) is 18.4 Å². The van der Waals surface area contributed by atoms with Crippen molar-refractivity contribution in [3.8, 4) is 17.1 Å². The third-order valence-corrected chi connectivity index (χ3v) is 2.12. The summed E-state index contributed by atoms with van der Waals surface area (Å²) in [6, 6.07) is 5.72. The van der Waals surface area contributed by atoms with Crippen molar-refractivity contribution < 1.29 is 17.9 Å². The van der Waals surface area contributed by atoms with E-state index < -0.39 is 11.6 Å². The average Bonchev–Trinajstić information content (AvgIpc) is 2.77. The van der Waals surface area contributed by atoms with Gasteiger partial charge in [0.15, 0.2) is 17.4 Å². The Morgan fingerprint density at radius 2 is 2.06 bits per heavy atom. The minimum absolute atomic E-state index is 0.190. The first-order valence-electron chi connectivity index (χ1n) is 4.88. The fourth-order valence-electron chi connectivity index (χ4n) is 1.43. The van der Waals surface area contributed by atoms with Gasteiger partial charge in [-0.1, -0.05) is 0 Å². The van der Waals surface area contributed by atoms with Crippen LogP contribution in [-0.2, 0) is 0 Å². The normalized spacial score (nSPS) is 10.4. The molecule has 1 aromatic carbocycles. The molecule has 0 N–H and O–H groups in total. The number of benzene rings is 1. The highest BCUT2D eigenvalue weighted by atomic mass is 19.1. The molecule has 16 heavy (non-hydrogen) atoms. The smallest absolute Gasteiger partial charge is 0.191 e. The summed E-state index contributed by atoms with van der Waals surface area (Å²) in [6.07, 6.45) is 1.43. The maximum absolute atomic E-state index is 13.9. The Hall–Kier alpha value is -1.84. The molecule has 1 aromatic heterocycles. The molecule has 0 aliphatic rings. The van der Waals surface area contributed by atoms with Crippen molar-refractivity contribution in [3.05, 3.63) is 42.2 Å². The van der Waals surface area contributed by atoms with Gasteiger partial charge < -0.3 is 9.15 Å². The zero-order valence-electron chi connectivity index (χ0n) is 8.67. The van der Waals surface area contributed by atoms with E-state index in [0.717, 1.165) is 6.07 Å². The van der Waals surface area contributed by atoms with Gasteiger partial charge in [0, 0.05) is 0 Å². The van der Waals surface area contributed by atoms with Gasteiger partial charge in [0.2, 0.25) is 0 Å². The highest BCUT2D eigenvalue weighted by molar-refractivity contribution is 5.60. The van der Waals surface area contributed by atoms with Gasteiger partial charge in [-0.3, -0.25) is 0 Å². The first kappa shape index (κ1) is 10.7. The zero-order valence-corrected chi connectivity index (χ0v) is 8.67. The topological polar surface area (TPSA) is 22.4 Å². The molecule has 0 atom stereocenters. The van der Waals surface area contributed by atoms with Crippen molar-refractivity contribution in [2.75, 3.05) is 6.61 Å². The summed E-state index contributed by atoms with van der Waals surface area (Å²) >= 11 is 0. The number of hydrogen-bond donors (Lipinski definition) is 0. The van der Waals surface area contributed by atoms with Crippen LogP contribution < -0.4 is 4.74 Å². The number of halogens is 2. The molecule has 2 rings (SSSR count). The summed E-state index contributed by atoms with van der Waals surface area (Å²) in [5.74, 6) is -1.47. The minimum Gasteiger partial charge on any atom is -0.488 e. The van der Waals surface area contributed by atoms with Gasteiger partial charge in [-0.15, -0.1) is 0 Å². The molecule has 0 unspecified atom stereocenters. The van der Waals surface area contributed by atoms with E-state index in [4.69, 9.17) is 9.15 Å². The quantitative estimate of drug-likeness (QED) is 0.794. The van der Waals surface area contributed by atoms with Crippen molar-refractivity contribution >= 4 is 0 Å². The Bertz CT molecular complexity index is 478. The van der Waals surface area contributed by atoms with Gasteiger partial charge in [0.1, 0.15) is 5.76 Å². The van der Waals surface area contributed by atoms with Crippen LogP contribution in [-0.4, -0.2) is 6.61 Å². The van der Waals surface area contributed by atoms with Gasteiger partial charge in [-0.05, 0) is 31.2 Å². The van der Waals surface area contributed by atoms with Crippen molar-refractivity contribution in [2.45, 2.75) is 6.92 Å². The molecule has 0 saturated heterocycles. The summed E-state index contributed by atoms with van der Waals surface area (Å²) < 4.78 is 37.1. The van der Waals surface area contributed by atoms with E-state index >= 15 is 0 Å². The predicted octanol–water partition coefficient (Wildman–Crippen LogP) is 3.62. The number of ether oxygens (including phenoxy) is 1. The summed E-state index contributed by atoms with van der Waals surface area (Å²) in [5, 5.41) is 0. The van der Waals surface area contributed by atoms with Crippen LogP contribution in [0.3, 0.4) is 0 Å². The lowest BCUT2D eigenvalue weighted by Gasteiger charge is -2.08. The molecule has 0 radical (unpaired) electrons. The number of furan rings is 1. The lowest BCUT2D eigenvalue weighted by Crippen LogP contribution is -1.99. The first-order chi connectivity index (χ1) is 7.74. The molecule has 1 heterocycles. The second-order valence-corrected chi connectivity index (χ2v) is 3.15. The molecule has 0 amide bonds. The van der Waals surface area contributed by atoms with Crippen LogP contribution in [0.25, 0.3) is 11.3 Å². The van der Waals surface area contributed by atoms with E-state index in [2.05, 4.69) is 0 Å². The van der Waals surface area contributed by atoms with Crippen molar-refractivity contribution in [1.82, 2.24) is 0 Å². The molecule has 0 bridgehead atoms. The molecule has 84 valence electrons. The molecule has 0 saturated carbocycles. The molecular formula is C12H10F2O2. The van der Waals surface area contributed by atoms with Crippen LogP contribution in [0.2, 0.25) is 0 Å². The Balaban J connectivity index is 2.52. The fourth-order valence-corrected chi connectivity index (χ4v) is 1.43. The first-order valence-corrected chi connectivity index (χ1v) is 4.88. The molecule has 4 heteroatoms. The van der Waals surface area contributed by atoms with E-state index in [1.165, 1.54) is 12.3 Å². The average molecular weight is 224 g/mol. The van der Waals surface area contributed by atoms with Gasteiger partial charge in [-0.2, -0.15) is 0 Å². The number of rotatable bonds is 3. The van der Waals surface area contributed by atoms with Crippen LogP contribution in [0.5, 0.6) is 5.75 Å². The van der Waals surface area contributed by atoms with Crippen LogP contribution in [0.4, 0.5) is 8.78 Å². The van der Waals surface area contributed by atoms with Crippen LogP contribution >= 0.6 is 0 Å². The molecular weight excluding hydrogens is 214 g/mol. The van der Waals surface area contributed by atoms with E-state index in [1.807, 2.05) is 0 Å². The summed E-state index contributed by atoms with van der Waals surface area (Å²) in [6.45, 7) is 1.87. The zero-order chi connectivity index (χ0) is 11.5. The molecule has 0 aliphatic carbocycles. The Morgan fingerprint density at radius 1 is 1.25 bits per heavy atom. The largest absolute Gasteiger partial charge is 0.488 e. The van der Waals surface area contributed by atoms with Gasteiger partial charge in [0.25, 0.3) is 0 Å². The van der Waals surface area contributed by atoms with Crippen LogP contribution in [0.1, 0.15) is 6.92 Å². The lowest BCUT2D eigenvalue weighted by atomic mass is 10.1. The highest BCUT2D eigenvalue weighted by Gasteiger charge is 2.17. The second kappa shape index (κ2) is 4.35. The summed E-state index contributed by atoms with van der Waals surface area (Å²) in [5.41, 5.74) is 0.190. The Kier molecular flexibility index (Phi) is 2.90.